The van der Waals surface area contributed by atoms with E-state index < -0.39 is 0 Å². The molecule has 0 unspecified atom stereocenters. The molecule has 0 bridgehead atoms. The number of piperidine rings is 1. The largest absolute Gasteiger partial charge is 0.307 e. The van der Waals surface area contributed by atoms with Gasteiger partial charge in [-0.25, -0.2) is 0 Å². The van der Waals surface area contributed by atoms with Gasteiger partial charge in [0.15, 0.2) is 0 Å². The van der Waals surface area contributed by atoms with Crippen LogP contribution in [0.4, 0.5) is 0 Å². The first kappa shape index (κ1) is 9.72. The number of nitrogens with one attached hydrogen (secondary N) is 1. The second-order valence-corrected chi connectivity index (χ2v) is 5.12. The van der Waals surface area contributed by atoms with Crippen LogP contribution in [0.1, 0.15) is 40.5 Å². The molecule has 1 saturated heterocycles. The molecular formula is C10H18NO. The average Bonchev–Trinajstić information content (AvgIpc) is 1.80. The lowest BCUT2D eigenvalue weighted by atomic mass is 9.77. The van der Waals surface area contributed by atoms with Crippen molar-refractivity contribution in [3.05, 3.63) is 0 Å². The summed E-state index contributed by atoms with van der Waals surface area (Å²) in [6, 6.07) is 0. The van der Waals surface area contributed by atoms with Crippen molar-refractivity contribution < 1.29 is 4.79 Å². The van der Waals surface area contributed by atoms with Crippen molar-refractivity contribution in [1.29, 1.82) is 0 Å². The number of hydrogen-bond donors (Lipinski definition) is 1. The fraction of sp³-hybridized carbons (Fsp3) is 0.900. The highest BCUT2D eigenvalue weighted by molar-refractivity contribution is 5.55. The first-order valence-corrected chi connectivity index (χ1v) is 4.52. The van der Waals surface area contributed by atoms with Crippen LogP contribution >= 0.6 is 0 Å². The molecule has 1 heterocycles. The van der Waals surface area contributed by atoms with Gasteiger partial charge in [0.25, 0.3) is 0 Å². The van der Waals surface area contributed by atoms with Crippen molar-refractivity contribution in [2.24, 2.45) is 5.92 Å². The number of rotatable bonds is 1. The highest BCUT2D eigenvalue weighted by Gasteiger charge is 2.37. The summed E-state index contributed by atoms with van der Waals surface area (Å²) in [7, 11) is 0. The van der Waals surface area contributed by atoms with Gasteiger partial charge in [-0.05, 0) is 40.5 Å². The molecule has 12 heavy (non-hydrogen) atoms. The summed E-state index contributed by atoms with van der Waals surface area (Å²) in [4.78, 5) is 10.6. The van der Waals surface area contributed by atoms with E-state index in [0.717, 1.165) is 12.8 Å². The van der Waals surface area contributed by atoms with Gasteiger partial charge in [0, 0.05) is 17.0 Å². The van der Waals surface area contributed by atoms with Crippen LogP contribution in [0.5, 0.6) is 0 Å². The second-order valence-electron chi connectivity index (χ2n) is 5.12. The van der Waals surface area contributed by atoms with Gasteiger partial charge in [-0.2, -0.15) is 0 Å². The van der Waals surface area contributed by atoms with Crippen LogP contribution in [0.3, 0.4) is 0 Å². The molecule has 69 valence electrons. The molecule has 2 nitrogen and oxygen atoms in total. The molecule has 0 atom stereocenters. The van der Waals surface area contributed by atoms with Crippen molar-refractivity contribution in [2.45, 2.75) is 51.6 Å². The topological polar surface area (TPSA) is 29.1 Å². The fourth-order valence-electron chi connectivity index (χ4n) is 2.41. The van der Waals surface area contributed by atoms with Gasteiger partial charge in [-0.1, -0.05) is 0 Å². The van der Waals surface area contributed by atoms with Crippen LogP contribution < -0.4 is 5.32 Å². The standard InChI is InChI=1S/C10H18NO/c1-9(2)5-8(7-12)6-10(3,4)11-9/h8,11H,5-6H2,1-4H3. The molecule has 2 heteroatoms. The second kappa shape index (κ2) is 2.84. The highest BCUT2D eigenvalue weighted by Crippen LogP contribution is 2.31. The summed E-state index contributed by atoms with van der Waals surface area (Å²) in [6.07, 6.45) is 3.93. The first-order valence-electron chi connectivity index (χ1n) is 4.52. The van der Waals surface area contributed by atoms with Gasteiger partial charge in [-0.15, -0.1) is 0 Å². The average molecular weight is 168 g/mol. The van der Waals surface area contributed by atoms with Crippen LogP contribution in [0.15, 0.2) is 0 Å². The maximum absolute atomic E-state index is 10.6. The van der Waals surface area contributed by atoms with E-state index in [1.807, 2.05) is 0 Å². The number of hydrogen-bond acceptors (Lipinski definition) is 2. The summed E-state index contributed by atoms with van der Waals surface area (Å²) in [6.45, 7) is 8.55. The normalized spacial score (nSPS) is 28.3. The maximum atomic E-state index is 10.6. The molecule has 0 aromatic rings. The molecule has 0 aromatic carbocycles. The smallest absolute Gasteiger partial charge is 0.201 e. The SMILES string of the molecule is CC1(C)CC([C]=O)CC(C)(C)N1. The van der Waals surface area contributed by atoms with Crippen molar-refractivity contribution in [1.82, 2.24) is 5.32 Å². The summed E-state index contributed by atoms with van der Waals surface area (Å²) < 4.78 is 0. The zero-order valence-electron chi connectivity index (χ0n) is 8.40. The van der Waals surface area contributed by atoms with Crippen LogP contribution in [0.25, 0.3) is 0 Å². The maximum Gasteiger partial charge on any atom is 0.201 e. The van der Waals surface area contributed by atoms with Gasteiger partial charge in [0.1, 0.15) is 0 Å². The molecule has 0 aromatic heterocycles. The lowest BCUT2D eigenvalue weighted by Crippen LogP contribution is -2.58. The van der Waals surface area contributed by atoms with E-state index in [0.29, 0.717) is 0 Å². The Morgan fingerprint density at radius 1 is 1.17 bits per heavy atom. The third-order valence-corrected chi connectivity index (χ3v) is 2.36. The molecular weight excluding hydrogens is 150 g/mol. The lowest BCUT2D eigenvalue weighted by Gasteiger charge is -2.44. The third-order valence-electron chi connectivity index (χ3n) is 2.36. The van der Waals surface area contributed by atoms with Crippen molar-refractivity contribution in [2.75, 3.05) is 0 Å². The molecule has 0 aliphatic carbocycles. The monoisotopic (exact) mass is 168 g/mol. The van der Waals surface area contributed by atoms with E-state index in [-0.39, 0.29) is 17.0 Å². The van der Waals surface area contributed by atoms with E-state index >= 15 is 0 Å². The van der Waals surface area contributed by atoms with E-state index in [1.54, 1.807) is 0 Å². The fourth-order valence-corrected chi connectivity index (χ4v) is 2.41. The Hall–Kier alpha value is -0.370. The van der Waals surface area contributed by atoms with E-state index in [2.05, 4.69) is 39.3 Å². The van der Waals surface area contributed by atoms with Gasteiger partial charge < -0.3 is 5.32 Å². The first-order chi connectivity index (χ1) is 5.35. The lowest BCUT2D eigenvalue weighted by molar-refractivity contribution is 0.156. The highest BCUT2D eigenvalue weighted by atomic mass is 16.1. The zero-order chi connectivity index (χ0) is 9.41. The van der Waals surface area contributed by atoms with Crippen LogP contribution in [-0.4, -0.2) is 17.4 Å². The summed E-state index contributed by atoms with van der Waals surface area (Å²) in [5, 5.41) is 3.52. The van der Waals surface area contributed by atoms with Crippen LogP contribution in [0, 0.1) is 5.92 Å². The molecule has 0 spiro atoms. The van der Waals surface area contributed by atoms with Gasteiger partial charge in [-0.3, -0.25) is 4.79 Å². The minimum Gasteiger partial charge on any atom is -0.307 e. The third kappa shape index (κ3) is 2.31. The predicted octanol–water partition coefficient (Wildman–Crippen LogP) is 1.65. The quantitative estimate of drug-likeness (QED) is 0.645. The Labute approximate surface area is 74.7 Å². The Kier molecular flexibility index (Phi) is 2.30. The van der Waals surface area contributed by atoms with Gasteiger partial charge in [0.05, 0.1) is 0 Å². The molecule has 1 fully saturated rings. The molecule has 1 aliphatic rings. The summed E-state index contributed by atoms with van der Waals surface area (Å²) in [5.41, 5.74) is 0.146. The van der Waals surface area contributed by atoms with Crippen LogP contribution in [0.2, 0.25) is 0 Å². The zero-order valence-corrected chi connectivity index (χ0v) is 8.40. The van der Waals surface area contributed by atoms with Crippen molar-refractivity contribution in [3.63, 3.8) is 0 Å². The predicted molar refractivity (Wildman–Crippen MR) is 49.7 cm³/mol. The summed E-state index contributed by atoms with van der Waals surface area (Å²) >= 11 is 0. The molecule has 1 N–H and O–H groups in total. The Morgan fingerprint density at radius 2 is 1.58 bits per heavy atom. The Balaban J connectivity index is 2.72. The summed E-state index contributed by atoms with van der Waals surface area (Å²) in [5.74, 6) is 0.108. The molecule has 1 rings (SSSR count). The van der Waals surface area contributed by atoms with Gasteiger partial charge >= 0.3 is 0 Å². The Bertz CT molecular complexity index is 168. The molecule has 0 amide bonds. The van der Waals surface area contributed by atoms with Crippen LogP contribution in [-0.2, 0) is 4.79 Å². The molecule has 1 radical (unpaired) electrons. The minimum absolute atomic E-state index is 0.0732. The van der Waals surface area contributed by atoms with E-state index in [4.69, 9.17) is 0 Å². The minimum atomic E-state index is 0.0732. The van der Waals surface area contributed by atoms with E-state index in [1.165, 1.54) is 0 Å². The van der Waals surface area contributed by atoms with Crippen molar-refractivity contribution >= 4 is 6.29 Å². The Morgan fingerprint density at radius 3 is 1.92 bits per heavy atom. The van der Waals surface area contributed by atoms with E-state index in [9.17, 15) is 4.79 Å². The number of carbonyl (C=O) groups excluding carboxylic acids is 1. The van der Waals surface area contributed by atoms with Crippen molar-refractivity contribution in [3.8, 4) is 0 Å². The van der Waals surface area contributed by atoms with Gasteiger partial charge in [0.2, 0.25) is 6.29 Å². The molecule has 0 saturated carbocycles. The molecule has 1 aliphatic heterocycles.